The molecule has 3 heteroatoms. The second kappa shape index (κ2) is 6.62. The molecule has 1 heterocycles. The maximum absolute atomic E-state index is 6.39. The molecule has 3 rings (SSSR count). The van der Waals surface area contributed by atoms with Crippen molar-refractivity contribution < 1.29 is 4.74 Å². The molecule has 2 aromatic carbocycles. The molecular formula is C21H24N2O. The third-order valence-electron chi connectivity index (χ3n) is 4.49. The highest BCUT2D eigenvalue weighted by atomic mass is 16.5. The van der Waals surface area contributed by atoms with Crippen molar-refractivity contribution in [3.63, 3.8) is 0 Å². The molecule has 3 nitrogen and oxygen atoms in total. The van der Waals surface area contributed by atoms with Crippen LogP contribution in [0.25, 0.3) is 22.0 Å². The first kappa shape index (κ1) is 16.5. The van der Waals surface area contributed by atoms with Crippen LogP contribution in [-0.2, 0) is 11.2 Å². The van der Waals surface area contributed by atoms with E-state index in [9.17, 15) is 0 Å². The van der Waals surface area contributed by atoms with Gasteiger partial charge in [0, 0.05) is 29.9 Å². The molecule has 0 unspecified atom stereocenters. The van der Waals surface area contributed by atoms with E-state index in [1.165, 1.54) is 22.3 Å². The number of ether oxygens (including phenoxy) is 1. The van der Waals surface area contributed by atoms with Crippen molar-refractivity contribution in [1.82, 2.24) is 4.98 Å². The van der Waals surface area contributed by atoms with Gasteiger partial charge in [0.15, 0.2) is 0 Å². The first-order valence-corrected chi connectivity index (χ1v) is 8.27. The minimum Gasteiger partial charge on any atom is -0.397 e. The number of anilines is 1. The Bertz CT molecular complexity index is 877. The van der Waals surface area contributed by atoms with Crippen LogP contribution in [0.3, 0.4) is 0 Å². The van der Waals surface area contributed by atoms with Crippen LogP contribution in [0.2, 0.25) is 0 Å². The van der Waals surface area contributed by atoms with Gasteiger partial charge in [-0.3, -0.25) is 0 Å². The molecule has 1 aromatic heterocycles. The summed E-state index contributed by atoms with van der Waals surface area (Å²) in [4.78, 5) is 4.95. The summed E-state index contributed by atoms with van der Waals surface area (Å²) in [5.41, 5.74) is 14.0. The minimum atomic E-state index is 0.612. The fourth-order valence-electron chi connectivity index (χ4n) is 3.47. The molecule has 0 saturated carbocycles. The normalized spacial score (nSPS) is 11.2. The number of benzene rings is 2. The summed E-state index contributed by atoms with van der Waals surface area (Å²) in [6.45, 7) is 7.04. The third-order valence-corrected chi connectivity index (χ3v) is 4.49. The molecule has 0 spiro atoms. The van der Waals surface area contributed by atoms with Gasteiger partial charge in [-0.25, -0.2) is 4.98 Å². The highest BCUT2D eigenvalue weighted by Gasteiger charge is 2.16. The lowest BCUT2D eigenvalue weighted by Crippen LogP contribution is -2.06. The van der Waals surface area contributed by atoms with Crippen LogP contribution in [0.4, 0.5) is 5.69 Å². The maximum atomic E-state index is 6.39. The van der Waals surface area contributed by atoms with E-state index in [1.807, 2.05) is 12.1 Å². The molecule has 0 radical (unpaired) electrons. The van der Waals surface area contributed by atoms with E-state index in [2.05, 4.69) is 45.0 Å². The van der Waals surface area contributed by atoms with Crippen LogP contribution in [0.5, 0.6) is 0 Å². The molecule has 124 valence electrons. The molecule has 0 atom stereocenters. The zero-order valence-electron chi connectivity index (χ0n) is 14.8. The van der Waals surface area contributed by atoms with Gasteiger partial charge in [0.1, 0.15) is 0 Å². The Morgan fingerprint density at radius 2 is 1.62 bits per heavy atom. The zero-order chi connectivity index (χ0) is 17.3. The van der Waals surface area contributed by atoms with E-state index in [1.54, 1.807) is 7.11 Å². The summed E-state index contributed by atoms with van der Waals surface area (Å²) < 4.78 is 5.23. The maximum Gasteiger partial charge on any atom is 0.0790 e. The predicted molar refractivity (Wildman–Crippen MR) is 101 cm³/mol. The summed E-state index contributed by atoms with van der Waals surface area (Å²) in [6, 6.07) is 12.7. The largest absolute Gasteiger partial charge is 0.397 e. The molecule has 0 saturated heterocycles. The van der Waals surface area contributed by atoms with Crippen molar-refractivity contribution in [3.8, 4) is 11.3 Å². The first-order chi connectivity index (χ1) is 11.5. The molecule has 2 N–H and O–H groups in total. The Hall–Kier alpha value is -2.39. The van der Waals surface area contributed by atoms with Gasteiger partial charge in [0.05, 0.1) is 23.7 Å². The van der Waals surface area contributed by atoms with Gasteiger partial charge < -0.3 is 10.5 Å². The smallest absolute Gasteiger partial charge is 0.0790 e. The lowest BCUT2D eigenvalue weighted by molar-refractivity contribution is 0.201. The number of methoxy groups -OCH3 is 1. The van der Waals surface area contributed by atoms with Crippen molar-refractivity contribution in [2.24, 2.45) is 0 Å². The molecule has 0 aliphatic heterocycles. The van der Waals surface area contributed by atoms with Gasteiger partial charge in [-0.15, -0.1) is 0 Å². The fraction of sp³-hybridized carbons (Fsp3) is 0.286. The van der Waals surface area contributed by atoms with Crippen molar-refractivity contribution in [1.29, 1.82) is 0 Å². The lowest BCUT2D eigenvalue weighted by atomic mass is 9.93. The van der Waals surface area contributed by atoms with Crippen molar-refractivity contribution in [2.75, 3.05) is 19.5 Å². The number of pyridine rings is 1. The number of hydrogen-bond donors (Lipinski definition) is 1. The summed E-state index contributed by atoms with van der Waals surface area (Å²) in [7, 11) is 1.70. The molecular weight excluding hydrogens is 296 g/mol. The third kappa shape index (κ3) is 2.87. The highest BCUT2D eigenvalue weighted by molar-refractivity contribution is 6.02. The van der Waals surface area contributed by atoms with Crippen molar-refractivity contribution in [2.45, 2.75) is 27.2 Å². The topological polar surface area (TPSA) is 48.1 Å². The van der Waals surface area contributed by atoms with Gasteiger partial charge in [0.2, 0.25) is 0 Å². The molecule has 0 aliphatic carbocycles. The van der Waals surface area contributed by atoms with Crippen LogP contribution in [0.1, 0.15) is 22.4 Å². The number of nitrogen functional groups attached to an aromatic ring is 1. The van der Waals surface area contributed by atoms with Gasteiger partial charge in [-0.2, -0.15) is 0 Å². The number of nitrogens with zero attached hydrogens (tertiary/aromatic N) is 1. The Morgan fingerprint density at radius 1 is 1.00 bits per heavy atom. The number of aryl methyl sites for hydroxylation is 3. The van der Waals surface area contributed by atoms with Gasteiger partial charge >= 0.3 is 0 Å². The number of aromatic nitrogens is 1. The van der Waals surface area contributed by atoms with Crippen LogP contribution in [-0.4, -0.2) is 18.7 Å². The molecule has 3 aromatic rings. The Balaban J connectivity index is 2.33. The fourth-order valence-corrected chi connectivity index (χ4v) is 3.47. The number of fused-ring (bicyclic) bond motifs is 1. The monoisotopic (exact) mass is 320 g/mol. The van der Waals surface area contributed by atoms with E-state index in [0.717, 1.165) is 27.8 Å². The Kier molecular flexibility index (Phi) is 4.54. The zero-order valence-corrected chi connectivity index (χ0v) is 14.8. The van der Waals surface area contributed by atoms with Crippen LogP contribution < -0.4 is 5.73 Å². The second-order valence-corrected chi connectivity index (χ2v) is 6.38. The summed E-state index contributed by atoms with van der Waals surface area (Å²) in [5, 5.41) is 2.17. The quantitative estimate of drug-likeness (QED) is 0.764. The van der Waals surface area contributed by atoms with Crippen molar-refractivity contribution >= 4 is 16.5 Å². The summed E-state index contributed by atoms with van der Waals surface area (Å²) >= 11 is 0. The van der Waals surface area contributed by atoms with E-state index in [-0.39, 0.29) is 0 Å². The first-order valence-electron chi connectivity index (χ1n) is 8.27. The number of hydrogen-bond acceptors (Lipinski definition) is 3. The number of rotatable bonds is 4. The van der Waals surface area contributed by atoms with Gasteiger partial charge in [-0.1, -0.05) is 42.0 Å². The molecule has 0 amide bonds. The van der Waals surface area contributed by atoms with E-state index >= 15 is 0 Å². The van der Waals surface area contributed by atoms with Crippen molar-refractivity contribution in [3.05, 3.63) is 58.8 Å². The van der Waals surface area contributed by atoms with E-state index in [0.29, 0.717) is 13.0 Å². The molecule has 0 fully saturated rings. The second-order valence-electron chi connectivity index (χ2n) is 6.38. The van der Waals surface area contributed by atoms with Gasteiger partial charge in [-0.05, 0) is 31.9 Å². The standard InChI is InChI=1S/C21H24N2O/c1-13-11-14(2)19(15(3)12-13)21-17-8-6-5-7-16(17)20(22)18(23-21)9-10-24-4/h5-8,11-12H,9-10,22H2,1-4H3. The summed E-state index contributed by atoms with van der Waals surface area (Å²) in [6.07, 6.45) is 0.712. The molecule has 0 bridgehead atoms. The average molecular weight is 320 g/mol. The minimum absolute atomic E-state index is 0.612. The van der Waals surface area contributed by atoms with Gasteiger partial charge in [0.25, 0.3) is 0 Å². The van der Waals surface area contributed by atoms with Crippen LogP contribution >= 0.6 is 0 Å². The van der Waals surface area contributed by atoms with Crippen LogP contribution in [0.15, 0.2) is 36.4 Å². The molecule has 0 aliphatic rings. The van der Waals surface area contributed by atoms with E-state index < -0.39 is 0 Å². The predicted octanol–water partition coefficient (Wildman–Crippen LogP) is 4.60. The lowest BCUT2D eigenvalue weighted by Gasteiger charge is -2.17. The molecule has 24 heavy (non-hydrogen) atoms. The summed E-state index contributed by atoms with van der Waals surface area (Å²) in [5.74, 6) is 0. The van der Waals surface area contributed by atoms with Crippen LogP contribution in [0, 0.1) is 20.8 Å². The Labute approximate surface area is 143 Å². The van der Waals surface area contributed by atoms with E-state index in [4.69, 9.17) is 15.5 Å². The average Bonchev–Trinajstić information content (AvgIpc) is 2.55. The number of nitrogens with two attached hydrogens (primary N) is 1. The Morgan fingerprint density at radius 3 is 2.25 bits per heavy atom. The highest BCUT2D eigenvalue weighted by Crippen LogP contribution is 2.36. The SMILES string of the molecule is COCCc1nc(-c2c(C)cc(C)cc2C)c2ccccc2c1N.